The van der Waals surface area contributed by atoms with Crippen molar-refractivity contribution >= 4 is 5.96 Å². The monoisotopic (exact) mass is 320 g/mol. The molecule has 0 aliphatic carbocycles. The van der Waals surface area contributed by atoms with Crippen molar-refractivity contribution < 1.29 is 5.11 Å². The average molecular weight is 320 g/mol. The van der Waals surface area contributed by atoms with Crippen molar-refractivity contribution in [1.29, 1.82) is 0 Å². The van der Waals surface area contributed by atoms with Crippen LogP contribution in [0.15, 0.2) is 35.3 Å². The largest absolute Gasteiger partial charge is 0.396 e. The molecule has 1 rings (SSSR count). The first-order valence-electron chi connectivity index (χ1n) is 8.26. The van der Waals surface area contributed by atoms with Crippen molar-refractivity contribution in [3.63, 3.8) is 0 Å². The summed E-state index contributed by atoms with van der Waals surface area (Å²) in [4.78, 5) is 6.84. The Kier molecular flexibility index (Phi) is 8.06. The van der Waals surface area contributed by atoms with E-state index in [4.69, 9.17) is 0 Å². The van der Waals surface area contributed by atoms with E-state index in [1.807, 2.05) is 30.3 Å². The number of aliphatic hydroxyl groups is 1. The predicted octanol–water partition coefficient (Wildman–Crippen LogP) is 1.66. The van der Waals surface area contributed by atoms with E-state index in [1.54, 1.807) is 0 Å². The first kappa shape index (κ1) is 19.5. The Morgan fingerprint density at radius 2 is 1.87 bits per heavy atom. The summed E-state index contributed by atoms with van der Waals surface area (Å²) in [6, 6.07) is 10.1. The second kappa shape index (κ2) is 9.53. The third-order valence-corrected chi connectivity index (χ3v) is 4.19. The van der Waals surface area contributed by atoms with Gasteiger partial charge in [0.15, 0.2) is 5.96 Å². The molecule has 0 saturated heterocycles. The summed E-state index contributed by atoms with van der Waals surface area (Å²) in [6.07, 6.45) is 0. The number of nitrogens with zero attached hydrogens (tertiary/aromatic N) is 2. The summed E-state index contributed by atoms with van der Waals surface area (Å²) < 4.78 is 0. The molecule has 0 amide bonds. The molecule has 0 spiro atoms. The van der Waals surface area contributed by atoms with Crippen LogP contribution in [0.2, 0.25) is 0 Å². The highest BCUT2D eigenvalue weighted by Gasteiger charge is 2.20. The van der Waals surface area contributed by atoms with Crippen molar-refractivity contribution in [3.05, 3.63) is 35.9 Å². The van der Waals surface area contributed by atoms with Gasteiger partial charge in [-0.1, -0.05) is 30.3 Å². The quantitative estimate of drug-likeness (QED) is 0.504. The molecule has 0 radical (unpaired) electrons. The molecule has 130 valence electrons. The van der Waals surface area contributed by atoms with Gasteiger partial charge in [0.2, 0.25) is 0 Å². The van der Waals surface area contributed by atoms with Gasteiger partial charge in [-0.05, 0) is 40.4 Å². The van der Waals surface area contributed by atoms with Crippen molar-refractivity contribution in [2.45, 2.75) is 32.2 Å². The fourth-order valence-electron chi connectivity index (χ4n) is 1.99. The second-order valence-electron chi connectivity index (χ2n) is 6.57. The van der Waals surface area contributed by atoms with Gasteiger partial charge >= 0.3 is 0 Å². The van der Waals surface area contributed by atoms with Crippen LogP contribution in [0.5, 0.6) is 0 Å². The molecule has 23 heavy (non-hydrogen) atoms. The lowest BCUT2D eigenvalue weighted by molar-refractivity contribution is 0.204. The summed E-state index contributed by atoms with van der Waals surface area (Å²) in [5, 5.41) is 16.3. The molecular weight excluding hydrogens is 288 g/mol. The zero-order valence-corrected chi connectivity index (χ0v) is 15.1. The van der Waals surface area contributed by atoms with Gasteiger partial charge in [0, 0.05) is 24.5 Å². The van der Waals surface area contributed by atoms with E-state index in [2.05, 4.69) is 55.4 Å². The number of likely N-dealkylation sites (N-methyl/N-ethyl adjacent to an activating group) is 1. The topological polar surface area (TPSA) is 59.9 Å². The SMILES string of the molecule is CCNC(=NCC(C)(C)N(C)C)NCC(CO)c1ccccc1. The molecule has 0 bridgehead atoms. The molecule has 0 aliphatic rings. The molecule has 1 aromatic rings. The number of guanidine groups is 1. The van der Waals surface area contributed by atoms with Crippen LogP contribution >= 0.6 is 0 Å². The van der Waals surface area contributed by atoms with Gasteiger partial charge in [-0.2, -0.15) is 0 Å². The molecule has 5 heteroatoms. The minimum absolute atomic E-state index is 0.00182. The molecule has 1 unspecified atom stereocenters. The fraction of sp³-hybridized carbons (Fsp3) is 0.611. The molecular formula is C18H32N4O. The highest BCUT2D eigenvalue weighted by molar-refractivity contribution is 5.79. The van der Waals surface area contributed by atoms with Crippen LogP contribution in [0.25, 0.3) is 0 Å². The zero-order chi connectivity index (χ0) is 17.3. The molecule has 0 fully saturated rings. The highest BCUT2D eigenvalue weighted by atomic mass is 16.3. The maximum atomic E-state index is 9.65. The van der Waals surface area contributed by atoms with E-state index < -0.39 is 0 Å². The van der Waals surface area contributed by atoms with Crippen LogP contribution in [0.1, 0.15) is 32.3 Å². The summed E-state index contributed by atoms with van der Waals surface area (Å²) >= 11 is 0. The Labute approximate surface area is 140 Å². The minimum Gasteiger partial charge on any atom is -0.396 e. The van der Waals surface area contributed by atoms with E-state index in [9.17, 15) is 5.11 Å². The van der Waals surface area contributed by atoms with Gasteiger partial charge < -0.3 is 20.6 Å². The van der Waals surface area contributed by atoms with Gasteiger partial charge in [0.25, 0.3) is 0 Å². The van der Waals surface area contributed by atoms with E-state index >= 15 is 0 Å². The van der Waals surface area contributed by atoms with Gasteiger partial charge in [-0.3, -0.25) is 4.99 Å². The number of aliphatic imine (C=N–C) groups is 1. The average Bonchev–Trinajstić information content (AvgIpc) is 2.54. The molecule has 0 heterocycles. The Morgan fingerprint density at radius 1 is 1.22 bits per heavy atom. The van der Waals surface area contributed by atoms with Crippen molar-refractivity contribution in [2.24, 2.45) is 4.99 Å². The van der Waals surface area contributed by atoms with Gasteiger partial charge in [0.1, 0.15) is 0 Å². The van der Waals surface area contributed by atoms with E-state index in [1.165, 1.54) is 0 Å². The normalized spacial score (nSPS) is 14.0. The number of benzene rings is 1. The fourth-order valence-corrected chi connectivity index (χ4v) is 1.99. The number of nitrogens with one attached hydrogen (secondary N) is 2. The molecule has 5 nitrogen and oxygen atoms in total. The third kappa shape index (κ3) is 6.59. The highest BCUT2D eigenvalue weighted by Crippen LogP contribution is 2.13. The predicted molar refractivity (Wildman–Crippen MR) is 98.0 cm³/mol. The molecule has 1 aromatic carbocycles. The number of hydrogen-bond acceptors (Lipinski definition) is 3. The number of rotatable bonds is 8. The van der Waals surface area contributed by atoms with Crippen molar-refractivity contribution in [2.75, 3.05) is 40.3 Å². The lowest BCUT2D eigenvalue weighted by Gasteiger charge is -2.31. The van der Waals surface area contributed by atoms with E-state index in [-0.39, 0.29) is 18.1 Å². The van der Waals surface area contributed by atoms with Crippen LogP contribution in [0, 0.1) is 0 Å². The first-order valence-corrected chi connectivity index (χ1v) is 8.26. The molecule has 0 aliphatic heterocycles. The third-order valence-electron chi connectivity index (χ3n) is 4.19. The second-order valence-corrected chi connectivity index (χ2v) is 6.57. The number of aliphatic hydroxyl groups excluding tert-OH is 1. The summed E-state index contributed by atoms with van der Waals surface area (Å²) in [5.41, 5.74) is 1.13. The van der Waals surface area contributed by atoms with E-state index in [0.29, 0.717) is 13.1 Å². The Bertz CT molecular complexity index is 471. The number of hydrogen-bond donors (Lipinski definition) is 3. The Hall–Kier alpha value is -1.59. The Balaban J connectivity index is 2.68. The van der Waals surface area contributed by atoms with Crippen LogP contribution < -0.4 is 10.6 Å². The van der Waals surface area contributed by atoms with Crippen LogP contribution in [0.3, 0.4) is 0 Å². The van der Waals surface area contributed by atoms with Gasteiger partial charge in [-0.25, -0.2) is 0 Å². The summed E-state index contributed by atoms with van der Waals surface area (Å²) in [6.45, 7) is 8.65. The lowest BCUT2D eigenvalue weighted by atomic mass is 10.0. The van der Waals surface area contributed by atoms with Crippen LogP contribution in [-0.4, -0.2) is 61.8 Å². The Morgan fingerprint density at radius 3 is 2.39 bits per heavy atom. The van der Waals surface area contributed by atoms with Crippen LogP contribution in [0.4, 0.5) is 0 Å². The summed E-state index contributed by atoms with van der Waals surface area (Å²) in [5.74, 6) is 0.846. The standard InChI is InChI=1S/C18H32N4O/c1-6-19-17(21-14-18(2,3)22(4)5)20-12-16(13-23)15-10-8-7-9-11-15/h7-11,16,23H,6,12-14H2,1-5H3,(H2,19,20,21). The molecule has 1 atom stereocenters. The summed E-state index contributed by atoms with van der Waals surface area (Å²) in [7, 11) is 4.13. The smallest absolute Gasteiger partial charge is 0.191 e. The van der Waals surface area contributed by atoms with Crippen molar-refractivity contribution in [3.8, 4) is 0 Å². The van der Waals surface area contributed by atoms with Crippen molar-refractivity contribution in [1.82, 2.24) is 15.5 Å². The van der Waals surface area contributed by atoms with E-state index in [0.717, 1.165) is 18.1 Å². The van der Waals surface area contributed by atoms with Gasteiger partial charge in [0.05, 0.1) is 13.2 Å². The molecule has 0 saturated carbocycles. The van der Waals surface area contributed by atoms with Gasteiger partial charge in [-0.15, -0.1) is 0 Å². The molecule has 0 aromatic heterocycles. The minimum atomic E-state index is -0.00182. The maximum absolute atomic E-state index is 9.65. The zero-order valence-electron chi connectivity index (χ0n) is 15.1. The van der Waals surface area contributed by atoms with Crippen LogP contribution in [-0.2, 0) is 0 Å². The molecule has 3 N–H and O–H groups in total. The lowest BCUT2D eigenvalue weighted by Crippen LogP contribution is -2.44. The maximum Gasteiger partial charge on any atom is 0.191 e. The first-order chi connectivity index (χ1) is 10.9.